The number of hydrogen-bond acceptors (Lipinski definition) is 6. The quantitative estimate of drug-likeness (QED) is 0.275. The SMILES string of the molecule is CCOC(=O)CCc1ccc(N(Cc2ccc3c(c2C)N(CC(=O)OC(C)(C)C)CCC3)C(=O)C(F)(F)F)cc1F. The Morgan fingerprint density at radius 1 is 1.02 bits per heavy atom. The number of anilines is 2. The first-order chi connectivity index (χ1) is 19.1. The summed E-state index contributed by atoms with van der Waals surface area (Å²) >= 11 is 0. The summed E-state index contributed by atoms with van der Waals surface area (Å²) < 4.78 is 66.2. The number of alkyl halides is 3. The predicted molar refractivity (Wildman–Crippen MR) is 146 cm³/mol. The fraction of sp³-hybridized carbons (Fsp3) is 0.500. The van der Waals surface area contributed by atoms with Crippen molar-refractivity contribution in [3.05, 3.63) is 58.4 Å². The Morgan fingerprint density at radius 2 is 1.71 bits per heavy atom. The molecule has 41 heavy (non-hydrogen) atoms. The predicted octanol–water partition coefficient (Wildman–Crippen LogP) is 5.82. The zero-order valence-corrected chi connectivity index (χ0v) is 24.0. The number of benzene rings is 2. The van der Waals surface area contributed by atoms with E-state index >= 15 is 0 Å². The summed E-state index contributed by atoms with van der Waals surface area (Å²) in [7, 11) is 0. The van der Waals surface area contributed by atoms with Crippen molar-refractivity contribution in [2.75, 3.05) is 29.5 Å². The van der Waals surface area contributed by atoms with E-state index in [0.717, 1.165) is 30.2 Å². The summed E-state index contributed by atoms with van der Waals surface area (Å²) in [4.78, 5) is 39.1. The normalized spacial score (nSPS) is 13.4. The van der Waals surface area contributed by atoms with Crippen LogP contribution in [0.15, 0.2) is 30.3 Å². The number of ether oxygens (including phenoxy) is 2. The second-order valence-electron chi connectivity index (χ2n) is 10.9. The summed E-state index contributed by atoms with van der Waals surface area (Å²) in [6.45, 7) is 8.90. The number of rotatable bonds is 9. The van der Waals surface area contributed by atoms with Crippen molar-refractivity contribution in [1.82, 2.24) is 0 Å². The second kappa shape index (κ2) is 12.9. The summed E-state index contributed by atoms with van der Waals surface area (Å²) in [6, 6.07) is 6.81. The van der Waals surface area contributed by atoms with Gasteiger partial charge in [-0.25, -0.2) is 4.39 Å². The highest BCUT2D eigenvalue weighted by Crippen LogP contribution is 2.35. The lowest BCUT2D eigenvalue weighted by Gasteiger charge is -2.34. The first-order valence-corrected chi connectivity index (χ1v) is 13.5. The number of carbonyl (C=O) groups excluding carboxylic acids is 3. The number of halogens is 4. The Labute approximate surface area is 237 Å². The summed E-state index contributed by atoms with van der Waals surface area (Å²) in [5.74, 6) is -3.92. The third-order valence-corrected chi connectivity index (χ3v) is 6.63. The van der Waals surface area contributed by atoms with E-state index in [1.165, 1.54) is 12.1 Å². The van der Waals surface area contributed by atoms with Gasteiger partial charge in [0.2, 0.25) is 0 Å². The molecule has 1 aliphatic heterocycles. The van der Waals surface area contributed by atoms with Crippen molar-refractivity contribution >= 4 is 29.2 Å². The van der Waals surface area contributed by atoms with Gasteiger partial charge in [0.15, 0.2) is 0 Å². The molecule has 2 aromatic rings. The van der Waals surface area contributed by atoms with Gasteiger partial charge in [0, 0.05) is 24.3 Å². The van der Waals surface area contributed by atoms with Gasteiger partial charge in [-0.1, -0.05) is 18.2 Å². The van der Waals surface area contributed by atoms with Crippen LogP contribution in [0.4, 0.5) is 28.9 Å². The van der Waals surface area contributed by atoms with Gasteiger partial charge in [-0.2, -0.15) is 13.2 Å². The van der Waals surface area contributed by atoms with E-state index < -0.39 is 42.0 Å². The van der Waals surface area contributed by atoms with E-state index in [9.17, 15) is 31.9 Å². The van der Waals surface area contributed by atoms with Crippen molar-refractivity contribution < 1.29 is 41.4 Å². The van der Waals surface area contributed by atoms with Crippen LogP contribution in [0.25, 0.3) is 0 Å². The maximum atomic E-state index is 14.9. The Hall–Kier alpha value is -3.63. The van der Waals surface area contributed by atoms with Crippen molar-refractivity contribution in [2.24, 2.45) is 0 Å². The van der Waals surface area contributed by atoms with Gasteiger partial charge in [-0.15, -0.1) is 0 Å². The van der Waals surface area contributed by atoms with E-state index in [-0.39, 0.29) is 37.2 Å². The summed E-state index contributed by atoms with van der Waals surface area (Å²) in [5, 5.41) is 0. The fourth-order valence-corrected chi connectivity index (χ4v) is 4.85. The van der Waals surface area contributed by atoms with Gasteiger partial charge in [0.25, 0.3) is 0 Å². The highest BCUT2D eigenvalue weighted by atomic mass is 19.4. The molecule has 3 rings (SSSR count). The lowest BCUT2D eigenvalue weighted by molar-refractivity contribution is -0.170. The molecule has 0 saturated carbocycles. The Bertz CT molecular complexity index is 1290. The molecular weight excluding hydrogens is 544 g/mol. The smallest absolute Gasteiger partial charge is 0.466 e. The average molecular weight is 581 g/mol. The molecule has 0 bridgehead atoms. The zero-order chi connectivity index (χ0) is 30.5. The largest absolute Gasteiger partial charge is 0.471 e. The van der Waals surface area contributed by atoms with E-state index in [2.05, 4.69) is 0 Å². The molecule has 0 aromatic heterocycles. The number of amides is 1. The van der Waals surface area contributed by atoms with Crippen molar-refractivity contribution in [1.29, 1.82) is 0 Å². The molecule has 7 nitrogen and oxygen atoms in total. The van der Waals surface area contributed by atoms with Crippen molar-refractivity contribution in [2.45, 2.75) is 78.6 Å². The molecule has 224 valence electrons. The average Bonchev–Trinajstić information content (AvgIpc) is 2.86. The minimum absolute atomic E-state index is 0.00439. The monoisotopic (exact) mass is 580 g/mol. The summed E-state index contributed by atoms with van der Waals surface area (Å²) in [5.41, 5.74) is 1.87. The van der Waals surface area contributed by atoms with Crippen LogP contribution in [-0.2, 0) is 43.2 Å². The van der Waals surface area contributed by atoms with Crippen LogP contribution in [0.3, 0.4) is 0 Å². The molecular formula is C30H36F4N2O5. The van der Waals surface area contributed by atoms with E-state index in [1.807, 2.05) is 4.90 Å². The number of carbonyl (C=O) groups is 3. The zero-order valence-electron chi connectivity index (χ0n) is 24.0. The van der Waals surface area contributed by atoms with E-state index in [1.54, 1.807) is 46.8 Å². The molecule has 0 atom stereocenters. The number of hydrogen-bond donors (Lipinski definition) is 0. The van der Waals surface area contributed by atoms with Crippen molar-refractivity contribution in [3.8, 4) is 0 Å². The molecule has 0 unspecified atom stereocenters. The second-order valence-corrected chi connectivity index (χ2v) is 10.9. The third-order valence-electron chi connectivity index (χ3n) is 6.63. The first kappa shape index (κ1) is 31.9. The van der Waals surface area contributed by atoms with Crippen LogP contribution in [-0.4, -0.2) is 49.3 Å². The van der Waals surface area contributed by atoms with Gasteiger partial charge in [-0.05, 0) is 88.3 Å². The van der Waals surface area contributed by atoms with Gasteiger partial charge in [-0.3, -0.25) is 14.4 Å². The van der Waals surface area contributed by atoms with E-state index in [0.29, 0.717) is 22.6 Å². The third kappa shape index (κ3) is 8.43. The van der Waals surface area contributed by atoms with Gasteiger partial charge < -0.3 is 19.3 Å². The molecule has 1 heterocycles. The number of esters is 2. The highest BCUT2D eigenvalue weighted by Gasteiger charge is 2.43. The van der Waals surface area contributed by atoms with E-state index in [4.69, 9.17) is 9.47 Å². The van der Waals surface area contributed by atoms with Gasteiger partial charge in [0.1, 0.15) is 18.0 Å². The van der Waals surface area contributed by atoms with Gasteiger partial charge >= 0.3 is 24.0 Å². The van der Waals surface area contributed by atoms with Crippen molar-refractivity contribution in [3.63, 3.8) is 0 Å². The molecule has 0 aliphatic carbocycles. The Balaban J connectivity index is 1.93. The topological polar surface area (TPSA) is 76.2 Å². The van der Waals surface area contributed by atoms with Gasteiger partial charge in [0.05, 0.1) is 13.2 Å². The molecule has 11 heteroatoms. The highest BCUT2D eigenvalue weighted by molar-refractivity contribution is 5.97. The molecule has 2 aromatic carbocycles. The number of aryl methyl sites for hydroxylation is 2. The van der Waals surface area contributed by atoms with Crippen LogP contribution < -0.4 is 9.80 Å². The Morgan fingerprint density at radius 3 is 2.32 bits per heavy atom. The molecule has 0 radical (unpaired) electrons. The van der Waals surface area contributed by atoms with Crippen LogP contribution in [0.5, 0.6) is 0 Å². The Kier molecular flexibility index (Phi) is 10.0. The fourth-order valence-electron chi connectivity index (χ4n) is 4.85. The molecule has 0 fully saturated rings. The number of fused-ring (bicyclic) bond motifs is 1. The number of nitrogens with zero attached hydrogens (tertiary/aromatic N) is 2. The molecule has 1 amide bonds. The van der Waals surface area contributed by atoms with Crippen LogP contribution in [0.1, 0.15) is 62.8 Å². The molecule has 0 spiro atoms. The summed E-state index contributed by atoms with van der Waals surface area (Å²) in [6.07, 6.45) is -3.79. The molecule has 0 saturated heterocycles. The molecule has 0 N–H and O–H groups in total. The van der Waals surface area contributed by atoms with Crippen LogP contribution >= 0.6 is 0 Å². The lowest BCUT2D eigenvalue weighted by atomic mass is 9.94. The first-order valence-electron chi connectivity index (χ1n) is 13.5. The minimum atomic E-state index is -5.20. The van der Waals surface area contributed by atoms with Crippen LogP contribution in [0.2, 0.25) is 0 Å². The minimum Gasteiger partial charge on any atom is -0.466 e. The lowest BCUT2D eigenvalue weighted by Crippen LogP contribution is -2.41. The standard InChI is InChI=1S/C30H36F4N2O5/c1-6-40-25(37)14-12-20-11-13-23(16-24(20)31)36(28(39)30(32,33)34)17-22-10-9-21-8-7-15-35(27(21)19(22)2)18-26(38)41-29(3,4)5/h9-11,13,16H,6-8,12,14-15,17-18H2,1-5H3. The maximum absolute atomic E-state index is 14.9. The molecule has 1 aliphatic rings. The maximum Gasteiger partial charge on any atom is 0.471 e. The van der Waals surface area contributed by atoms with Crippen LogP contribution in [0, 0.1) is 12.7 Å².